The summed E-state index contributed by atoms with van der Waals surface area (Å²) in [6.07, 6.45) is 0. The van der Waals surface area contributed by atoms with E-state index in [4.69, 9.17) is 5.26 Å². The number of azo groups is 1. The molecule has 0 spiro atoms. The van der Waals surface area contributed by atoms with Crippen molar-refractivity contribution >= 4 is 5.97 Å². The van der Waals surface area contributed by atoms with Crippen molar-refractivity contribution in [3.05, 3.63) is 11.3 Å². The molecule has 1 aliphatic rings. The minimum absolute atomic E-state index is 0.0503. The zero-order valence-electron chi connectivity index (χ0n) is 6.74. The molecule has 62 valence electrons. The molecule has 0 aromatic heterocycles. The molecule has 1 atom stereocenters. The molecular formula is C7H7N3O2. The number of ether oxygens (including phenoxy) is 1. The summed E-state index contributed by atoms with van der Waals surface area (Å²) in [5.74, 6) is -0.538. The quantitative estimate of drug-likeness (QED) is 0.539. The Morgan fingerprint density at radius 2 is 2.42 bits per heavy atom. The first-order valence-electron chi connectivity index (χ1n) is 3.34. The molecule has 0 N–H and O–H groups in total. The molecule has 0 radical (unpaired) electrons. The Labute approximate surface area is 69.3 Å². The predicted octanol–water partition coefficient (Wildman–Crippen LogP) is 0.791. The van der Waals surface area contributed by atoms with Crippen LogP contribution in [0, 0.1) is 11.3 Å². The van der Waals surface area contributed by atoms with Crippen molar-refractivity contribution in [3.63, 3.8) is 0 Å². The average molecular weight is 165 g/mol. The van der Waals surface area contributed by atoms with Crippen molar-refractivity contribution < 1.29 is 9.53 Å². The molecule has 1 unspecified atom stereocenters. The van der Waals surface area contributed by atoms with E-state index in [2.05, 4.69) is 15.0 Å². The van der Waals surface area contributed by atoms with Crippen LogP contribution in [0.25, 0.3) is 0 Å². The van der Waals surface area contributed by atoms with Gasteiger partial charge in [-0.3, -0.25) is 0 Å². The molecule has 5 heteroatoms. The second-order valence-corrected chi connectivity index (χ2v) is 2.26. The number of hydrogen-bond donors (Lipinski definition) is 0. The summed E-state index contributed by atoms with van der Waals surface area (Å²) < 4.78 is 4.47. The Morgan fingerprint density at radius 3 is 2.92 bits per heavy atom. The molecule has 0 saturated carbocycles. The second-order valence-electron chi connectivity index (χ2n) is 2.26. The third kappa shape index (κ3) is 1.19. The smallest absolute Gasteiger partial charge is 0.339 e. The maximum Gasteiger partial charge on any atom is 0.339 e. The molecule has 5 nitrogen and oxygen atoms in total. The highest BCUT2D eigenvalue weighted by Gasteiger charge is 2.26. The molecular weight excluding hydrogens is 158 g/mol. The predicted molar refractivity (Wildman–Crippen MR) is 39.0 cm³/mol. The topological polar surface area (TPSA) is 74.8 Å². The molecule has 0 aromatic rings. The van der Waals surface area contributed by atoms with Crippen molar-refractivity contribution in [2.45, 2.75) is 13.0 Å². The molecule has 0 bridgehead atoms. The van der Waals surface area contributed by atoms with Gasteiger partial charge in [0.2, 0.25) is 0 Å². The first kappa shape index (κ1) is 8.40. The minimum atomic E-state index is -0.538. The van der Waals surface area contributed by atoms with E-state index < -0.39 is 5.97 Å². The summed E-state index contributed by atoms with van der Waals surface area (Å²) in [4.78, 5) is 11.0. The van der Waals surface area contributed by atoms with E-state index in [0.29, 0.717) is 0 Å². The fourth-order valence-corrected chi connectivity index (χ4v) is 0.914. The summed E-state index contributed by atoms with van der Waals surface area (Å²) in [6.45, 7) is 1.68. The molecule has 0 aliphatic carbocycles. The molecule has 0 saturated heterocycles. The minimum Gasteiger partial charge on any atom is -0.466 e. The van der Waals surface area contributed by atoms with Gasteiger partial charge in [-0.2, -0.15) is 10.4 Å². The van der Waals surface area contributed by atoms with Crippen LogP contribution >= 0.6 is 0 Å². The molecule has 12 heavy (non-hydrogen) atoms. The van der Waals surface area contributed by atoms with Crippen LogP contribution in [0.4, 0.5) is 0 Å². The van der Waals surface area contributed by atoms with Crippen LogP contribution in [0.2, 0.25) is 0 Å². The number of rotatable bonds is 1. The largest absolute Gasteiger partial charge is 0.466 e. The summed E-state index contributed by atoms with van der Waals surface area (Å²) in [5.41, 5.74) is 0.286. The number of methoxy groups -OCH3 is 1. The van der Waals surface area contributed by atoms with Gasteiger partial charge in [-0.05, 0) is 6.92 Å². The van der Waals surface area contributed by atoms with Gasteiger partial charge in [0, 0.05) is 0 Å². The first-order chi connectivity index (χ1) is 5.70. The summed E-state index contributed by atoms with van der Waals surface area (Å²) >= 11 is 0. The Kier molecular flexibility index (Phi) is 2.19. The zero-order valence-corrected chi connectivity index (χ0v) is 6.74. The number of nitrogens with zero attached hydrogens (tertiary/aromatic N) is 3. The van der Waals surface area contributed by atoms with Crippen LogP contribution in [-0.4, -0.2) is 19.1 Å². The Bertz CT molecular complexity index is 311. The van der Waals surface area contributed by atoms with Gasteiger partial charge in [0.25, 0.3) is 0 Å². The van der Waals surface area contributed by atoms with Gasteiger partial charge in [0.15, 0.2) is 5.70 Å². The monoisotopic (exact) mass is 165 g/mol. The van der Waals surface area contributed by atoms with Crippen LogP contribution in [0.15, 0.2) is 21.5 Å². The SMILES string of the molecule is COC(=O)C1=C(C#N)N=NC1C. The Balaban J connectivity index is 3.03. The lowest BCUT2D eigenvalue weighted by Crippen LogP contribution is -2.13. The standard InChI is InChI=1S/C7H7N3O2/c1-4-6(7(11)12-2)5(3-8)10-9-4/h4H,1-2H3. The van der Waals surface area contributed by atoms with Gasteiger partial charge >= 0.3 is 5.97 Å². The highest BCUT2D eigenvalue weighted by molar-refractivity contribution is 5.91. The third-order valence-electron chi connectivity index (χ3n) is 1.52. The fourth-order valence-electron chi connectivity index (χ4n) is 0.914. The van der Waals surface area contributed by atoms with Gasteiger partial charge in [0.1, 0.15) is 17.7 Å². The summed E-state index contributed by atoms with van der Waals surface area (Å²) in [6, 6.07) is 1.41. The maximum atomic E-state index is 11.0. The van der Waals surface area contributed by atoms with Gasteiger partial charge in [0.05, 0.1) is 7.11 Å². The van der Waals surface area contributed by atoms with Crippen LogP contribution in [0.3, 0.4) is 0 Å². The number of hydrogen-bond acceptors (Lipinski definition) is 5. The van der Waals surface area contributed by atoms with Crippen molar-refractivity contribution in [2.24, 2.45) is 10.2 Å². The van der Waals surface area contributed by atoms with E-state index in [1.165, 1.54) is 7.11 Å². The Morgan fingerprint density at radius 1 is 1.75 bits per heavy atom. The fraction of sp³-hybridized carbons (Fsp3) is 0.429. The average Bonchev–Trinajstić information content (AvgIpc) is 2.45. The number of carbonyl (C=O) groups excluding carboxylic acids is 1. The molecule has 1 rings (SSSR count). The highest BCUT2D eigenvalue weighted by atomic mass is 16.5. The van der Waals surface area contributed by atoms with Crippen molar-refractivity contribution in [3.8, 4) is 6.07 Å². The molecule has 0 fully saturated rings. The number of esters is 1. The van der Waals surface area contributed by atoms with Crippen molar-refractivity contribution in [1.29, 1.82) is 5.26 Å². The van der Waals surface area contributed by atoms with E-state index in [-0.39, 0.29) is 17.3 Å². The summed E-state index contributed by atoms with van der Waals surface area (Å²) in [7, 11) is 1.26. The van der Waals surface area contributed by atoms with Crippen LogP contribution < -0.4 is 0 Å². The maximum absolute atomic E-state index is 11.0. The van der Waals surface area contributed by atoms with Gasteiger partial charge < -0.3 is 4.74 Å². The van der Waals surface area contributed by atoms with E-state index in [1.54, 1.807) is 13.0 Å². The molecule has 1 aliphatic heterocycles. The second kappa shape index (κ2) is 3.13. The number of allylic oxidation sites excluding steroid dienone is 1. The normalized spacial score (nSPS) is 20.9. The van der Waals surface area contributed by atoms with Crippen molar-refractivity contribution in [2.75, 3.05) is 7.11 Å². The molecule has 0 amide bonds. The molecule has 1 heterocycles. The lowest BCUT2D eigenvalue weighted by molar-refractivity contribution is -0.136. The van der Waals surface area contributed by atoms with Crippen LogP contribution in [-0.2, 0) is 9.53 Å². The lowest BCUT2D eigenvalue weighted by Gasteiger charge is -2.01. The third-order valence-corrected chi connectivity index (χ3v) is 1.52. The number of nitriles is 1. The van der Waals surface area contributed by atoms with Gasteiger partial charge in [-0.25, -0.2) is 4.79 Å². The molecule has 0 aromatic carbocycles. The van der Waals surface area contributed by atoms with Crippen LogP contribution in [0.5, 0.6) is 0 Å². The van der Waals surface area contributed by atoms with E-state index in [1.807, 2.05) is 0 Å². The van der Waals surface area contributed by atoms with Crippen LogP contribution in [0.1, 0.15) is 6.92 Å². The lowest BCUT2D eigenvalue weighted by atomic mass is 10.1. The zero-order chi connectivity index (χ0) is 9.14. The summed E-state index contributed by atoms with van der Waals surface area (Å²) in [5, 5.41) is 15.7. The van der Waals surface area contributed by atoms with E-state index in [9.17, 15) is 4.79 Å². The first-order valence-corrected chi connectivity index (χ1v) is 3.34. The van der Waals surface area contributed by atoms with Gasteiger partial charge in [-0.15, -0.1) is 5.11 Å². The van der Waals surface area contributed by atoms with E-state index >= 15 is 0 Å². The van der Waals surface area contributed by atoms with Gasteiger partial charge in [-0.1, -0.05) is 0 Å². The highest BCUT2D eigenvalue weighted by Crippen LogP contribution is 2.21. The van der Waals surface area contributed by atoms with E-state index in [0.717, 1.165) is 0 Å². The van der Waals surface area contributed by atoms with Crippen molar-refractivity contribution in [1.82, 2.24) is 0 Å². The number of carbonyl (C=O) groups is 1. The Hall–Kier alpha value is -1.70.